The van der Waals surface area contributed by atoms with E-state index >= 15 is 0 Å². The fourth-order valence-corrected chi connectivity index (χ4v) is 1.63. The van der Waals surface area contributed by atoms with Crippen LogP contribution in [0, 0.1) is 12.8 Å². The normalized spacial score (nSPS) is 13.0. The fourth-order valence-electron chi connectivity index (χ4n) is 1.63. The summed E-state index contributed by atoms with van der Waals surface area (Å²) in [5.74, 6) is 0.680. The van der Waals surface area contributed by atoms with E-state index in [2.05, 4.69) is 63.9 Å². The molecule has 0 saturated heterocycles. The van der Waals surface area contributed by atoms with E-state index in [1.54, 1.807) is 0 Å². The first-order chi connectivity index (χ1) is 6.54. The maximum absolute atomic E-state index is 2.36. The first kappa shape index (κ1) is 11.1. The summed E-state index contributed by atoms with van der Waals surface area (Å²) in [6.07, 6.45) is 0. The van der Waals surface area contributed by atoms with E-state index in [9.17, 15) is 0 Å². The zero-order chi connectivity index (χ0) is 10.7. The van der Waals surface area contributed by atoms with Crippen molar-refractivity contribution in [3.05, 3.63) is 29.8 Å². The lowest BCUT2D eigenvalue weighted by atomic mass is 10.0. The zero-order valence-corrected chi connectivity index (χ0v) is 9.91. The molecule has 1 heteroatoms. The largest absolute Gasteiger partial charge is 0.371 e. The van der Waals surface area contributed by atoms with Crippen LogP contribution >= 0.6 is 0 Å². The first-order valence-electron chi connectivity index (χ1n) is 5.32. The molecule has 0 amide bonds. The molecule has 1 aromatic carbocycles. The smallest absolute Gasteiger partial charge is 0.0395 e. The van der Waals surface area contributed by atoms with E-state index < -0.39 is 0 Å². The van der Waals surface area contributed by atoms with Crippen molar-refractivity contribution in [2.45, 2.75) is 33.7 Å². The van der Waals surface area contributed by atoms with Crippen molar-refractivity contribution in [2.75, 3.05) is 11.9 Å². The monoisotopic (exact) mass is 191 g/mol. The molecule has 0 bridgehead atoms. The van der Waals surface area contributed by atoms with E-state index in [-0.39, 0.29) is 0 Å². The van der Waals surface area contributed by atoms with Crippen molar-refractivity contribution in [2.24, 2.45) is 5.92 Å². The Kier molecular flexibility index (Phi) is 3.56. The van der Waals surface area contributed by atoms with Crippen molar-refractivity contribution in [3.63, 3.8) is 0 Å². The molecule has 1 aromatic rings. The molecule has 1 nitrogen and oxygen atoms in total. The molecule has 0 aliphatic heterocycles. The van der Waals surface area contributed by atoms with Crippen LogP contribution in [0.3, 0.4) is 0 Å². The van der Waals surface area contributed by atoms with Gasteiger partial charge in [0.2, 0.25) is 0 Å². The van der Waals surface area contributed by atoms with Crippen molar-refractivity contribution < 1.29 is 0 Å². The molecule has 0 aliphatic rings. The minimum atomic E-state index is 0.580. The summed E-state index contributed by atoms with van der Waals surface area (Å²) < 4.78 is 0. The molecule has 14 heavy (non-hydrogen) atoms. The summed E-state index contributed by atoms with van der Waals surface area (Å²) in [5, 5.41) is 0. The van der Waals surface area contributed by atoms with Crippen LogP contribution < -0.4 is 4.90 Å². The molecule has 0 N–H and O–H groups in total. The van der Waals surface area contributed by atoms with Gasteiger partial charge in [-0.25, -0.2) is 0 Å². The number of rotatable bonds is 3. The van der Waals surface area contributed by atoms with Gasteiger partial charge in [0.15, 0.2) is 0 Å². The number of anilines is 1. The molecule has 0 spiro atoms. The van der Waals surface area contributed by atoms with Crippen molar-refractivity contribution >= 4 is 5.69 Å². The maximum atomic E-state index is 2.36. The highest BCUT2D eigenvalue weighted by Gasteiger charge is 2.14. The third-order valence-corrected chi connectivity index (χ3v) is 3.07. The average molecular weight is 191 g/mol. The third kappa shape index (κ3) is 2.28. The van der Waals surface area contributed by atoms with Crippen molar-refractivity contribution in [1.29, 1.82) is 0 Å². The molecule has 1 rings (SSSR count). The van der Waals surface area contributed by atoms with Gasteiger partial charge in [-0.05, 0) is 31.4 Å². The Morgan fingerprint density at radius 2 is 1.64 bits per heavy atom. The van der Waals surface area contributed by atoms with E-state index in [1.807, 2.05) is 0 Å². The lowest BCUT2D eigenvalue weighted by molar-refractivity contribution is 0.505. The van der Waals surface area contributed by atoms with E-state index in [4.69, 9.17) is 0 Å². The summed E-state index contributed by atoms with van der Waals surface area (Å²) in [6, 6.07) is 9.13. The molecule has 1 atom stereocenters. The van der Waals surface area contributed by atoms with Gasteiger partial charge in [0.1, 0.15) is 0 Å². The zero-order valence-electron chi connectivity index (χ0n) is 9.91. The first-order valence-corrected chi connectivity index (χ1v) is 5.32. The summed E-state index contributed by atoms with van der Waals surface area (Å²) >= 11 is 0. The molecule has 1 unspecified atom stereocenters. The van der Waals surface area contributed by atoms with Gasteiger partial charge in [-0.15, -0.1) is 0 Å². The molecule has 0 aromatic heterocycles. The van der Waals surface area contributed by atoms with Crippen molar-refractivity contribution in [1.82, 2.24) is 0 Å². The Labute approximate surface area is 87.7 Å². The van der Waals surface area contributed by atoms with E-state index in [0.29, 0.717) is 12.0 Å². The Balaban J connectivity index is 2.89. The van der Waals surface area contributed by atoms with Crippen LogP contribution in [-0.4, -0.2) is 13.1 Å². The quantitative estimate of drug-likeness (QED) is 0.707. The van der Waals surface area contributed by atoms with E-state index in [0.717, 1.165) is 0 Å². The van der Waals surface area contributed by atoms with Crippen LogP contribution in [0.1, 0.15) is 26.3 Å². The van der Waals surface area contributed by atoms with Gasteiger partial charge in [0.25, 0.3) is 0 Å². The Morgan fingerprint density at radius 3 is 2.14 bits per heavy atom. The second-order valence-corrected chi connectivity index (χ2v) is 4.38. The number of benzene rings is 1. The maximum Gasteiger partial charge on any atom is 0.0395 e. The summed E-state index contributed by atoms with van der Waals surface area (Å²) in [5.41, 5.74) is 2.69. The highest BCUT2D eigenvalue weighted by Crippen LogP contribution is 2.22. The molecule has 0 fully saturated rings. The summed E-state index contributed by atoms with van der Waals surface area (Å²) in [4.78, 5) is 2.36. The minimum Gasteiger partial charge on any atom is -0.371 e. The Morgan fingerprint density at radius 1 is 1.07 bits per heavy atom. The van der Waals surface area contributed by atoms with Crippen LogP contribution in [0.4, 0.5) is 5.69 Å². The lowest BCUT2D eigenvalue weighted by Gasteiger charge is -2.31. The lowest BCUT2D eigenvalue weighted by Crippen LogP contribution is -2.33. The fraction of sp³-hybridized carbons (Fsp3) is 0.538. The van der Waals surface area contributed by atoms with Crippen LogP contribution in [-0.2, 0) is 0 Å². The average Bonchev–Trinajstić information content (AvgIpc) is 2.16. The second-order valence-electron chi connectivity index (χ2n) is 4.38. The summed E-state index contributed by atoms with van der Waals surface area (Å²) in [7, 11) is 2.17. The van der Waals surface area contributed by atoms with Gasteiger partial charge in [-0.3, -0.25) is 0 Å². The SMILES string of the molecule is Cc1ccccc1N(C)C(C)C(C)C. The van der Waals surface area contributed by atoms with Crippen LogP contribution in [0.15, 0.2) is 24.3 Å². The Bertz CT molecular complexity index is 291. The molecule has 0 radical (unpaired) electrons. The van der Waals surface area contributed by atoms with Gasteiger partial charge in [0.05, 0.1) is 0 Å². The molecule has 78 valence electrons. The van der Waals surface area contributed by atoms with Crippen LogP contribution in [0.25, 0.3) is 0 Å². The molecule has 0 aliphatic carbocycles. The molecule has 0 heterocycles. The summed E-state index contributed by atoms with van der Waals surface area (Å²) in [6.45, 7) is 8.97. The number of hydrogen-bond donors (Lipinski definition) is 0. The number of para-hydroxylation sites is 1. The molecular weight excluding hydrogens is 170 g/mol. The second kappa shape index (κ2) is 4.50. The van der Waals surface area contributed by atoms with Gasteiger partial charge < -0.3 is 4.90 Å². The highest BCUT2D eigenvalue weighted by molar-refractivity contribution is 5.52. The van der Waals surface area contributed by atoms with Gasteiger partial charge >= 0.3 is 0 Å². The molecule has 0 saturated carbocycles. The van der Waals surface area contributed by atoms with E-state index in [1.165, 1.54) is 11.3 Å². The third-order valence-electron chi connectivity index (χ3n) is 3.07. The van der Waals surface area contributed by atoms with Crippen LogP contribution in [0.2, 0.25) is 0 Å². The molecular formula is C13H21N. The van der Waals surface area contributed by atoms with Gasteiger partial charge in [0, 0.05) is 18.8 Å². The van der Waals surface area contributed by atoms with Crippen molar-refractivity contribution in [3.8, 4) is 0 Å². The number of hydrogen-bond acceptors (Lipinski definition) is 1. The van der Waals surface area contributed by atoms with Crippen LogP contribution in [0.5, 0.6) is 0 Å². The topological polar surface area (TPSA) is 3.24 Å². The standard InChI is InChI=1S/C13H21N/c1-10(2)12(4)14(5)13-9-7-6-8-11(13)3/h6-10,12H,1-5H3. The number of aryl methyl sites for hydroxylation is 1. The highest BCUT2D eigenvalue weighted by atomic mass is 15.1. The predicted molar refractivity (Wildman–Crippen MR) is 63.9 cm³/mol. The van der Waals surface area contributed by atoms with Gasteiger partial charge in [-0.1, -0.05) is 32.0 Å². The predicted octanol–water partition coefficient (Wildman–Crippen LogP) is 3.48. The number of nitrogens with zero attached hydrogens (tertiary/aromatic N) is 1. The van der Waals surface area contributed by atoms with Gasteiger partial charge in [-0.2, -0.15) is 0 Å². The minimum absolute atomic E-state index is 0.580. The Hall–Kier alpha value is -0.980.